The summed E-state index contributed by atoms with van der Waals surface area (Å²) in [5, 5.41) is 3.55. The maximum absolute atomic E-state index is 13.6. The summed E-state index contributed by atoms with van der Waals surface area (Å²) >= 11 is 0. The number of methoxy groups -OCH3 is 1. The molecule has 202 valence electrons. The molecule has 0 bridgehead atoms. The number of esters is 1. The molecule has 1 atom stereocenters. The van der Waals surface area contributed by atoms with Crippen LogP contribution in [0.2, 0.25) is 0 Å². The molecule has 2 rings (SSSR count). The number of nitrogens with one attached hydrogen (secondary N) is 1. The molecule has 0 aliphatic carbocycles. The third kappa shape index (κ3) is 8.73. The van der Waals surface area contributed by atoms with Gasteiger partial charge in [0, 0.05) is 19.0 Å². The molecule has 0 saturated carbocycles. The first-order valence-electron chi connectivity index (χ1n) is 12.1. The van der Waals surface area contributed by atoms with Gasteiger partial charge >= 0.3 is 12.1 Å². The Kier molecular flexibility index (Phi) is 10.8. The van der Waals surface area contributed by atoms with E-state index in [2.05, 4.69) is 10.1 Å². The molecule has 1 aliphatic heterocycles. The maximum atomic E-state index is 13.6. The van der Waals surface area contributed by atoms with Crippen LogP contribution >= 0.6 is 0 Å². The molecule has 1 aliphatic rings. The number of alkyl carbamates (subject to hydrolysis) is 1. The summed E-state index contributed by atoms with van der Waals surface area (Å²) in [5.74, 6) is 0.0764. The van der Waals surface area contributed by atoms with Crippen molar-refractivity contribution in [2.45, 2.75) is 64.2 Å². The van der Waals surface area contributed by atoms with Crippen LogP contribution in [-0.4, -0.2) is 77.7 Å². The van der Waals surface area contributed by atoms with Gasteiger partial charge in [-0.25, -0.2) is 14.7 Å². The highest BCUT2D eigenvalue weighted by atomic mass is 16.7. The Balaban J connectivity index is 2.15. The zero-order valence-corrected chi connectivity index (χ0v) is 21.8. The summed E-state index contributed by atoms with van der Waals surface area (Å²) in [5.41, 5.74) is -1.60. The summed E-state index contributed by atoms with van der Waals surface area (Å²) in [4.78, 5) is 69.1. The summed E-state index contributed by atoms with van der Waals surface area (Å²) in [6.45, 7) is 5.02. The van der Waals surface area contributed by atoms with E-state index in [1.54, 1.807) is 38.8 Å². The normalized spacial score (nSPS) is 17.6. The number of ether oxygens (including phenoxy) is 2. The highest BCUT2D eigenvalue weighted by Crippen LogP contribution is 2.32. The number of carbonyl (C=O) groups excluding carboxylic acids is 5. The average Bonchev–Trinajstić information content (AvgIpc) is 2.86. The molecule has 0 aromatic heterocycles. The van der Waals surface area contributed by atoms with E-state index >= 15 is 0 Å². The number of rotatable bonds is 11. The molecule has 37 heavy (non-hydrogen) atoms. The average molecular weight is 518 g/mol. The summed E-state index contributed by atoms with van der Waals surface area (Å²) in [7, 11) is 1.28. The van der Waals surface area contributed by atoms with Crippen molar-refractivity contribution in [3.05, 3.63) is 42.0 Å². The molecule has 1 N–H and O–H groups in total. The second-order valence-electron chi connectivity index (χ2n) is 9.54. The first kappa shape index (κ1) is 29.5. The number of benzene rings is 1. The lowest BCUT2D eigenvalue weighted by molar-refractivity contribution is -0.244. The second-order valence-corrected chi connectivity index (χ2v) is 9.54. The van der Waals surface area contributed by atoms with Gasteiger partial charge in [-0.3, -0.25) is 19.2 Å². The lowest BCUT2D eigenvalue weighted by atomic mass is 9.86. The number of piperazine rings is 1. The van der Waals surface area contributed by atoms with Crippen LogP contribution < -0.4 is 5.32 Å². The van der Waals surface area contributed by atoms with E-state index in [0.29, 0.717) is 12.8 Å². The maximum Gasteiger partial charge on any atom is 0.407 e. The number of hydrogen-bond donors (Lipinski definition) is 1. The number of unbranched alkanes of at least 4 members (excludes halogenated alkanes) is 1. The molecule has 1 fully saturated rings. The third-order valence-corrected chi connectivity index (χ3v) is 5.60. The first-order valence-corrected chi connectivity index (χ1v) is 12.1. The van der Waals surface area contributed by atoms with Crippen LogP contribution in [0.1, 0.15) is 52.0 Å². The van der Waals surface area contributed by atoms with Gasteiger partial charge in [-0.15, -0.1) is 0 Å². The van der Waals surface area contributed by atoms with E-state index in [4.69, 9.17) is 9.57 Å². The van der Waals surface area contributed by atoms with Crippen molar-refractivity contribution < 1.29 is 38.3 Å². The van der Waals surface area contributed by atoms with Gasteiger partial charge in [-0.1, -0.05) is 30.3 Å². The number of nitrogens with zero attached hydrogens (tertiary/aromatic N) is 2. The van der Waals surface area contributed by atoms with Crippen molar-refractivity contribution >= 4 is 29.8 Å². The molecule has 1 saturated heterocycles. The Bertz CT molecular complexity index is 1000. The van der Waals surface area contributed by atoms with E-state index in [1.807, 2.05) is 18.2 Å². The Morgan fingerprint density at radius 3 is 2.46 bits per heavy atom. The fourth-order valence-corrected chi connectivity index (χ4v) is 3.92. The lowest BCUT2D eigenvalue weighted by Crippen LogP contribution is -2.68. The van der Waals surface area contributed by atoms with Gasteiger partial charge < -0.3 is 19.7 Å². The Labute approximate surface area is 216 Å². The molecule has 11 heteroatoms. The largest absolute Gasteiger partial charge is 0.469 e. The standard InChI is InChI=1S/C26H35N3O8/c1-25(2,3)37-29-16-15-28(21(31)18-27-24(34)36-19-20-10-6-5-7-11-20)26(14-17-30,23(29)33)13-9-8-12-22(32)35-4/h5-7,10-11,14H,8-9,12-13,15-16,18-19H2,1-4H3,(H,27,34)/t26-/m0/s1. The topological polar surface area (TPSA) is 132 Å². The van der Waals surface area contributed by atoms with Gasteiger partial charge in [0.05, 0.1) is 19.3 Å². The summed E-state index contributed by atoms with van der Waals surface area (Å²) in [6, 6.07) is 9.05. The molecule has 0 spiro atoms. The predicted molar refractivity (Wildman–Crippen MR) is 132 cm³/mol. The van der Waals surface area contributed by atoms with Gasteiger partial charge in [-0.2, -0.15) is 0 Å². The minimum atomic E-state index is -1.69. The fourth-order valence-electron chi connectivity index (χ4n) is 3.92. The number of carbonyl (C=O) groups is 4. The van der Waals surface area contributed by atoms with Crippen molar-refractivity contribution in [3.63, 3.8) is 0 Å². The van der Waals surface area contributed by atoms with Crippen molar-refractivity contribution in [3.8, 4) is 0 Å². The van der Waals surface area contributed by atoms with Crippen LogP contribution in [0.5, 0.6) is 0 Å². The van der Waals surface area contributed by atoms with E-state index < -0.39 is 41.6 Å². The SMILES string of the molecule is COC(=O)CCCC[C@]1(C=C=O)C(=O)N(OC(C)(C)C)CCN1C(=O)CNC(=O)OCc1ccccc1. The first-order chi connectivity index (χ1) is 17.5. The predicted octanol–water partition coefficient (Wildman–Crippen LogP) is 2.17. The molecular weight excluding hydrogens is 482 g/mol. The highest BCUT2D eigenvalue weighted by Gasteiger charge is 2.51. The molecule has 11 nitrogen and oxygen atoms in total. The fraction of sp³-hybridized carbons (Fsp3) is 0.538. The Hall–Kier alpha value is -3.69. The van der Waals surface area contributed by atoms with E-state index in [0.717, 1.165) is 16.7 Å². The molecular formula is C26H35N3O8. The second kappa shape index (κ2) is 13.6. The van der Waals surface area contributed by atoms with Crippen molar-refractivity contribution in [1.29, 1.82) is 0 Å². The van der Waals surface area contributed by atoms with Crippen molar-refractivity contribution in [2.24, 2.45) is 0 Å². The summed E-state index contributed by atoms with van der Waals surface area (Å²) < 4.78 is 9.79. The highest BCUT2D eigenvalue weighted by molar-refractivity contribution is 5.96. The van der Waals surface area contributed by atoms with E-state index in [1.165, 1.54) is 12.0 Å². The number of amides is 3. The third-order valence-electron chi connectivity index (χ3n) is 5.60. The lowest BCUT2D eigenvalue weighted by Gasteiger charge is -2.48. The van der Waals surface area contributed by atoms with Crippen LogP contribution in [0.3, 0.4) is 0 Å². The Morgan fingerprint density at radius 2 is 1.84 bits per heavy atom. The summed E-state index contributed by atoms with van der Waals surface area (Å²) in [6.07, 6.45) is 1.09. The molecule has 3 amide bonds. The Morgan fingerprint density at radius 1 is 1.14 bits per heavy atom. The van der Waals surface area contributed by atoms with E-state index in [-0.39, 0.29) is 32.5 Å². The van der Waals surface area contributed by atoms with Crippen molar-refractivity contribution in [2.75, 3.05) is 26.7 Å². The van der Waals surface area contributed by atoms with Gasteiger partial charge in [0.2, 0.25) is 5.91 Å². The van der Waals surface area contributed by atoms with E-state index in [9.17, 15) is 24.0 Å². The number of hydroxylamine groups is 2. The molecule has 0 radical (unpaired) electrons. The molecule has 1 heterocycles. The molecule has 0 unspecified atom stereocenters. The van der Waals surface area contributed by atoms with Gasteiger partial charge in [-0.05, 0) is 45.6 Å². The zero-order valence-electron chi connectivity index (χ0n) is 21.8. The quantitative estimate of drug-likeness (QED) is 0.268. The van der Waals surface area contributed by atoms with Crippen LogP contribution in [0.25, 0.3) is 0 Å². The molecule has 1 aromatic carbocycles. The molecule has 1 aromatic rings. The van der Waals surface area contributed by atoms with Crippen LogP contribution in [0, 0.1) is 0 Å². The monoisotopic (exact) mass is 517 g/mol. The van der Waals surface area contributed by atoms with Gasteiger partial charge in [0.1, 0.15) is 19.1 Å². The smallest absolute Gasteiger partial charge is 0.407 e. The number of hydrogen-bond acceptors (Lipinski definition) is 8. The zero-order chi connectivity index (χ0) is 27.5. The minimum absolute atomic E-state index is 0.0280. The van der Waals surface area contributed by atoms with Crippen LogP contribution in [-0.2, 0) is 40.1 Å². The van der Waals surface area contributed by atoms with Gasteiger partial charge in [0.15, 0.2) is 5.54 Å². The van der Waals surface area contributed by atoms with Crippen LogP contribution in [0.15, 0.2) is 36.4 Å². The van der Waals surface area contributed by atoms with Crippen molar-refractivity contribution in [1.82, 2.24) is 15.3 Å². The minimum Gasteiger partial charge on any atom is -0.469 e. The van der Waals surface area contributed by atoms with Crippen LogP contribution in [0.4, 0.5) is 4.79 Å². The van der Waals surface area contributed by atoms with Gasteiger partial charge in [0.25, 0.3) is 5.91 Å².